The lowest BCUT2D eigenvalue weighted by molar-refractivity contribution is -0.00980. The Morgan fingerprint density at radius 1 is 0.784 bits per heavy atom. The lowest BCUT2D eigenvalue weighted by Gasteiger charge is -2.25. The lowest BCUT2D eigenvalue weighted by atomic mass is 9.85. The van der Waals surface area contributed by atoms with Crippen molar-refractivity contribution < 1.29 is 69.3 Å². The van der Waals surface area contributed by atoms with E-state index < -0.39 is 62.1 Å². The summed E-state index contributed by atoms with van der Waals surface area (Å²) in [5, 5.41) is 0. The summed E-state index contributed by atoms with van der Waals surface area (Å²) in [4.78, 5) is 38.8. The summed E-state index contributed by atoms with van der Waals surface area (Å²) in [5.41, 5.74) is -0.435. The molecule has 37 heavy (non-hydrogen) atoms. The number of ether oxygens (including phenoxy) is 2. The van der Waals surface area contributed by atoms with Gasteiger partial charge in [0.15, 0.2) is 0 Å². The summed E-state index contributed by atoms with van der Waals surface area (Å²) in [6.45, 7) is 6.56. The van der Waals surface area contributed by atoms with Crippen molar-refractivity contribution in [3.8, 4) is 0 Å². The van der Waals surface area contributed by atoms with Gasteiger partial charge < -0.3 is 29.0 Å². The van der Waals surface area contributed by atoms with Crippen molar-refractivity contribution >= 4 is 31.3 Å². The van der Waals surface area contributed by atoms with Gasteiger partial charge in [-0.15, -0.1) is 0 Å². The predicted molar refractivity (Wildman–Crippen MR) is 129 cm³/mol. The molecule has 15 nitrogen and oxygen atoms in total. The van der Waals surface area contributed by atoms with Crippen molar-refractivity contribution in [1.29, 1.82) is 0 Å². The molecule has 2 rings (SSSR count). The molecule has 0 aromatic carbocycles. The summed E-state index contributed by atoms with van der Waals surface area (Å²) in [7, 11) is -22.2. The lowest BCUT2D eigenvalue weighted by Crippen LogP contribution is -2.29. The highest BCUT2D eigenvalue weighted by Gasteiger charge is 2.47. The highest BCUT2D eigenvalue weighted by molar-refractivity contribution is 7.69. The number of hydrogen-bond donors (Lipinski definition) is 4. The largest absolute Gasteiger partial charge is 0.490 e. The Kier molecular flexibility index (Phi) is 12.2. The Hall–Kier alpha value is 0.480. The van der Waals surface area contributed by atoms with Crippen molar-refractivity contribution in [1.82, 2.24) is 0 Å². The number of hydrogen-bond acceptors (Lipinski definition) is 11. The molecule has 0 aromatic rings. The Morgan fingerprint density at radius 3 is 1.81 bits per heavy atom. The topological polar surface area (TPSA) is 214 Å². The smallest absolute Gasteiger partial charge is 0.373 e. The van der Waals surface area contributed by atoms with Gasteiger partial charge in [0.2, 0.25) is 0 Å². The second-order valence-corrected chi connectivity index (χ2v) is 16.0. The van der Waals surface area contributed by atoms with Crippen LogP contribution in [-0.2, 0) is 49.7 Å². The molecule has 8 atom stereocenters. The molecule has 0 spiro atoms. The molecule has 2 aliphatic rings. The van der Waals surface area contributed by atoms with E-state index in [0.717, 1.165) is 25.7 Å². The summed E-state index contributed by atoms with van der Waals surface area (Å²) in [6.07, 6.45) is 4.37. The van der Waals surface area contributed by atoms with Crippen LogP contribution in [0.2, 0.25) is 0 Å². The van der Waals surface area contributed by atoms with Gasteiger partial charge in [-0.1, -0.05) is 40.0 Å². The second kappa shape index (κ2) is 13.4. The van der Waals surface area contributed by atoms with Crippen LogP contribution >= 0.6 is 31.3 Å². The zero-order valence-electron chi connectivity index (χ0n) is 21.2. The molecule has 2 heterocycles. The van der Waals surface area contributed by atoms with Crippen LogP contribution in [0.3, 0.4) is 0 Å². The minimum atomic E-state index is -5.82. The van der Waals surface area contributed by atoms with Gasteiger partial charge >= 0.3 is 31.3 Å². The van der Waals surface area contributed by atoms with Crippen LogP contribution in [0.15, 0.2) is 0 Å². The van der Waals surface area contributed by atoms with E-state index in [-0.39, 0.29) is 12.2 Å². The first-order chi connectivity index (χ1) is 16.8. The van der Waals surface area contributed by atoms with E-state index in [1.165, 1.54) is 0 Å². The molecule has 0 saturated carbocycles. The third-order valence-corrected chi connectivity index (χ3v) is 11.7. The maximum Gasteiger partial charge on any atom is 0.490 e. The van der Waals surface area contributed by atoms with E-state index in [2.05, 4.69) is 28.9 Å². The first-order valence-electron chi connectivity index (χ1n) is 11.9. The van der Waals surface area contributed by atoms with Crippen LogP contribution in [0.1, 0.15) is 72.6 Å². The fraction of sp³-hybridized carbons (Fsp3) is 1.00. The first kappa shape index (κ1) is 33.7. The second-order valence-electron chi connectivity index (χ2n) is 9.79. The van der Waals surface area contributed by atoms with Gasteiger partial charge in [0.1, 0.15) is 0 Å². The van der Waals surface area contributed by atoms with E-state index in [4.69, 9.17) is 9.47 Å². The predicted octanol–water partition coefficient (Wildman–Crippen LogP) is 4.80. The standard InChI is InChI=1S/C18H38O15P4/c1-5-6-7-8-15-9-10-16(30-15)12-27-34(19,20)31-36(23,24)33-37(25,26)32-35(21,22)28-13-17-18(3,4)11-14(2)29-17/h14-17H,5-13H2,1-4H3,(H,19,20)(H,21,22)(H,23,24)(H,25,26)/t14-,15-,16-,17+/m0/s1. The van der Waals surface area contributed by atoms with Crippen LogP contribution in [0.4, 0.5) is 0 Å². The van der Waals surface area contributed by atoms with Crippen molar-refractivity contribution in [3.63, 3.8) is 0 Å². The fourth-order valence-corrected chi connectivity index (χ4v) is 9.15. The van der Waals surface area contributed by atoms with E-state index in [0.29, 0.717) is 19.3 Å². The molecular weight excluding hydrogens is 580 g/mol. The molecule has 4 N–H and O–H groups in total. The number of phosphoric ester groups is 2. The Labute approximate surface area is 216 Å². The van der Waals surface area contributed by atoms with E-state index in [9.17, 15) is 37.8 Å². The minimum absolute atomic E-state index is 0.0325. The highest BCUT2D eigenvalue weighted by atomic mass is 31.3. The van der Waals surface area contributed by atoms with Crippen molar-refractivity contribution in [2.45, 2.75) is 97.1 Å². The van der Waals surface area contributed by atoms with Crippen LogP contribution < -0.4 is 0 Å². The van der Waals surface area contributed by atoms with Gasteiger partial charge in [0.25, 0.3) is 0 Å². The zero-order chi connectivity index (χ0) is 28.1. The van der Waals surface area contributed by atoms with Gasteiger partial charge in [0, 0.05) is 0 Å². The number of rotatable bonds is 16. The van der Waals surface area contributed by atoms with Gasteiger partial charge in [-0.25, -0.2) is 18.3 Å². The summed E-state index contributed by atoms with van der Waals surface area (Å²) < 4.78 is 80.7. The van der Waals surface area contributed by atoms with Crippen molar-refractivity contribution in [3.05, 3.63) is 0 Å². The maximum atomic E-state index is 12.1. The first-order valence-corrected chi connectivity index (χ1v) is 17.9. The molecule has 0 radical (unpaired) electrons. The molecule has 0 bridgehead atoms. The van der Waals surface area contributed by atoms with Crippen molar-refractivity contribution in [2.24, 2.45) is 5.41 Å². The minimum Gasteiger partial charge on any atom is -0.373 e. The van der Waals surface area contributed by atoms with Crippen LogP contribution in [0.25, 0.3) is 0 Å². The Morgan fingerprint density at radius 2 is 1.30 bits per heavy atom. The molecule has 19 heteroatoms. The average molecular weight is 618 g/mol. The van der Waals surface area contributed by atoms with E-state index in [1.807, 2.05) is 13.8 Å². The molecule has 2 fully saturated rings. The summed E-state index contributed by atoms with van der Waals surface area (Å²) in [5.74, 6) is 0. The Balaban J connectivity index is 1.83. The summed E-state index contributed by atoms with van der Waals surface area (Å²) in [6, 6.07) is 0. The molecule has 0 amide bonds. The highest BCUT2D eigenvalue weighted by Crippen LogP contribution is 2.71. The normalized spacial score (nSPS) is 32.3. The quantitative estimate of drug-likeness (QED) is 0.135. The average Bonchev–Trinajstić information content (AvgIpc) is 3.25. The molecule has 220 valence electrons. The van der Waals surface area contributed by atoms with E-state index in [1.54, 1.807) is 6.92 Å². The van der Waals surface area contributed by atoms with Gasteiger partial charge in [0.05, 0.1) is 37.6 Å². The molecule has 2 saturated heterocycles. The zero-order valence-corrected chi connectivity index (χ0v) is 24.8. The fourth-order valence-electron chi connectivity index (χ4n) is 4.19. The van der Waals surface area contributed by atoms with Gasteiger partial charge in [-0.2, -0.15) is 12.9 Å². The molecule has 0 aromatic heterocycles. The van der Waals surface area contributed by atoms with Gasteiger partial charge in [-0.3, -0.25) is 9.05 Å². The summed E-state index contributed by atoms with van der Waals surface area (Å²) >= 11 is 0. The monoisotopic (exact) mass is 618 g/mol. The SMILES string of the molecule is CCCCC[C@H]1CC[C@@H](COP(=O)(O)OP(=O)(O)OP(=O)(O)OP(=O)(O)OC[C@H]2O[C@@H](C)CC2(C)C)O1. The van der Waals surface area contributed by atoms with Crippen LogP contribution in [-0.4, -0.2) is 57.2 Å². The number of unbranched alkanes of at least 4 members (excludes halogenated alkanes) is 2. The third kappa shape index (κ3) is 12.3. The van der Waals surface area contributed by atoms with Crippen LogP contribution in [0.5, 0.6) is 0 Å². The molecule has 2 aliphatic heterocycles. The number of phosphoric acid groups is 4. The maximum absolute atomic E-state index is 12.1. The Bertz CT molecular complexity index is 942. The molecule has 4 unspecified atom stereocenters. The third-order valence-electron chi connectivity index (χ3n) is 5.84. The van der Waals surface area contributed by atoms with Gasteiger partial charge in [-0.05, 0) is 38.0 Å². The van der Waals surface area contributed by atoms with E-state index >= 15 is 0 Å². The molecule has 0 aliphatic carbocycles. The molecular formula is C18H38O15P4. The van der Waals surface area contributed by atoms with Crippen LogP contribution in [0, 0.1) is 5.41 Å². The van der Waals surface area contributed by atoms with Crippen molar-refractivity contribution in [2.75, 3.05) is 13.2 Å².